The van der Waals surface area contributed by atoms with Crippen molar-refractivity contribution in [2.75, 3.05) is 34.5 Å². The summed E-state index contributed by atoms with van der Waals surface area (Å²) in [5.74, 6) is -2.83. The number of fused-ring (bicyclic) bond motifs is 2. The number of benzene rings is 2. The topological polar surface area (TPSA) is 226 Å². The molecule has 1 heterocycles. The smallest absolute Gasteiger partial charge is 0.328 e. The van der Waals surface area contributed by atoms with E-state index < -0.39 is 41.3 Å². The molecule has 322 valence electrons. The molecule has 0 aliphatic rings. The summed E-state index contributed by atoms with van der Waals surface area (Å²) in [7, 11) is 3.85. The van der Waals surface area contributed by atoms with Gasteiger partial charge in [-0.25, -0.2) is 9.59 Å². The molecule has 0 bridgehead atoms. The Morgan fingerprint density at radius 1 is 0.746 bits per heavy atom. The second-order valence-electron chi connectivity index (χ2n) is 14.3. The molecule has 0 saturated heterocycles. The molecule has 0 saturated carbocycles. The average Bonchev–Trinajstić information content (AvgIpc) is 3.19. The quantitative estimate of drug-likeness (QED) is 0.0396. The Kier molecular flexibility index (Phi) is 18.3. The third kappa shape index (κ3) is 13.2. The van der Waals surface area contributed by atoms with Gasteiger partial charge < -0.3 is 48.9 Å². The molecule has 0 aliphatic carbocycles. The lowest BCUT2D eigenvalue weighted by Crippen LogP contribution is -2.41. The van der Waals surface area contributed by atoms with Crippen molar-refractivity contribution in [3.05, 3.63) is 56.8 Å². The van der Waals surface area contributed by atoms with E-state index >= 15 is 0 Å². The van der Waals surface area contributed by atoms with Gasteiger partial charge in [0, 0.05) is 42.5 Å². The number of hydrogen-bond donors (Lipinski definition) is 4. The molecule has 0 fully saturated rings. The van der Waals surface area contributed by atoms with Crippen LogP contribution in [0.2, 0.25) is 0 Å². The van der Waals surface area contributed by atoms with Crippen LogP contribution in [0.5, 0.6) is 23.0 Å². The van der Waals surface area contributed by atoms with Crippen molar-refractivity contribution in [2.24, 2.45) is 0 Å². The van der Waals surface area contributed by atoms with Crippen molar-refractivity contribution in [1.82, 2.24) is 10.6 Å². The Morgan fingerprint density at radius 2 is 1.25 bits per heavy atom. The van der Waals surface area contributed by atoms with Crippen LogP contribution in [-0.2, 0) is 46.3 Å². The lowest BCUT2D eigenvalue weighted by Gasteiger charge is -2.18. The number of aromatic hydroxyl groups is 1. The molecule has 3 aromatic rings. The van der Waals surface area contributed by atoms with Gasteiger partial charge in [0.1, 0.15) is 40.1 Å². The summed E-state index contributed by atoms with van der Waals surface area (Å²) < 4.78 is 33.8. The number of carboxylic acids is 1. The molecular weight excluding hydrogens is 768 g/mol. The predicted octanol–water partition coefficient (Wildman–Crippen LogP) is 5.59. The molecule has 2 atom stereocenters. The van der Waals surface area contributed by atoms with Gasteiger partial charge in [0.15, 0.2) is 11.5 Å². The molecule has 0 aliphatic heterocycles. The Hall–Kier alpha value is -6.06. The highest BCUT2D eigenvalue weighted by molar-refractivity contribution is 5.98. The highest BCUT2D eigenvalue weighted by Gasteiger charge is 2.26. The summed E-state index contributed by atoms with van der Waals surface area (Å²) in [4.78, 5) is 74.7. The number of hydrogen-bond acceptors (Lipinski definition) is 13. The molecule has 0 spiro atoms. The van der Waals surface area contributed by atoms with Crippen molar-refractivity contribution < 1.29 is 62.3 Å². The Morgan fingerprint density at radius 3 is 1.78 bits per heavy atom. The van der Waals surface area contributed by atoms with Crippen LogP contribution in [0.3, 0.4) is 0 Å². The van der Waals surface area contributed by atoms with Crippen LogP contribution in [0.4, 0.5) is 0 Å². The minimum absolute atomic E-state index is 0.00211. The predicted molar refractivity (Wildman–Crippen MR) is 219 cm³/mol. The van der Waals surface area contributed by atoms with Gasteiger partial charge in [0.25, 0.3) is 0 Å². The van der Waals surface area contributed by atoms with Crippen molar-refractivity contribution in [1.29, 1.82) is 0 Å². The summed E-state index contributed by atoms with van der Waals surface area (Å²) in [6.07, 6.45) is 4.63. The van der Waals surface area contributed by atoms with Crippen LogP contribution < -0.4 is 30.3 Å². The van der Waals surface area contributed by atoms with Gasteiger partial charge in [-0.1, -0.05) is 30.2 Å². The zero-order chi connectivity index (χ0) is 43.8. The first-order valence-corrected chi connectivity index (χ1v) is 19.4. The molecule has 16 heteroatoms. The van der Waals surface area contributed by atoms with Gasteiger partial charge in [-0.2, -0.15) is 0 Å². The normalized spacial score (nSPS) is 11.9. The molecule has 16 nitrogen and oxygen atoms in total. The number of methoxy groups -OCH3 is 3. The van der Waals surface area contributed by atoms with Crippen molar-refractivity contribution in [3.8, 4) is 23.0 Å². The zero-order valence-electron chi connectivity index (χ0n) is 35.0. The van der Waals surface area contributed by atoms with Crippen LogP contribution in [0, 0.1) is 0 Å². The fraction of sp³-hybridized carbons (Fsp3) is 0.488. The van der Waals surface area contributed by atoms with E-state index in [1.165, 1.54) is 26.4 Å². The SMILES string of the molecule is CC[C@@H](NC(=O)CCCOc1cc2oc3cc(OCCCC(=O)N[C@H](CCC(=O)O)C(=O)OC)c(CC=C(C)C)c(O)c3c(=O)c2c(CC=C(C)C)c1OC)C(=O)OC. The summed E-state index contributed by atoms with van der Waals surface area (Å²) >= 11 is 0. The fourth-order valence-corrected chi connectivity index (χ4v) is 6.16. The van der Waals surface area contributed by atoms with Crippen molar-refractivity contribution in [3.63, 3.8) is 0 Å². The van der Waals surface area contributed by atoms with Crippen molar-refractivity contribution >= 4 is 51.7 Å². The number of carbonyl (C=O) groups is 5. The molecule has 4 N–H and O–H groups in total. The Labute approximate surface area is 342 Å². The van der Waals surface area contributed by atoms with Gasteiger partial charge in [-0.3, -0.25) is 19.2 Å². The number of allylic oxidation sites excluding steroid dienone is 4. The third-order valence-corrected chi connectivity index (χ3v) is 9.25. The first kappa shape index (κ1) is 47.3. The number of amides is 2. The summed E-state index contributed by atoms with van der Waals surface area (Å²) in [5.41, 5.74) is 2.41. The first-order valence-electron chi connectivity index (χ1n) is 19.4. The molecule has 0 unspecified atom stereocenters. The number of rotatable bonds is 23. The van der Waals surface area contributed by atoms with E-state index in [4.69, 9.17) is 33.2 Å². The minimum atomic E-state index is -1.12. The van der Waals surface area contributed by atoms with E-state index in [2.05, 4.69) is 10.6 Å². The van der Waals surface area contributed by atoms with E-state index in [0.29, 0.717) is 17.5 Å². The molecule has 59 heavy (non-hydrogen) atoms. The Balaban J connectivity index is 2.00. The number of carbonyl (C=O) groups excluding carboxylic acids is 4. The molecule has 2 aromatic carbocycles. The maximum atomic E-state index is 14.5. The minimum Gasteiger partial charge on any atom is -0.507 e. The summed E-state index contributed by atoms with van der Waals surface area (Å²) in [5, 5.41) is 26.0. The molecule has 1 aromatic heterocycles. The molecule has 2 amide bonds. The highest BCUT2D eigenvalue weighted by Crippen LogP contribution is 2.42. The zero-order valence-corrected chi connectivity index (χ0v) is 35.0. The number of aliphatic carboxylic acids is 1. The summed E-state index contributed by atoms with van der Waals surface area (Å²) in [6, 6.07) is 1.16. The van der Waals surface area contributed by atoms with Gasteiger partial charge >= 0.3 is 17.9 Å². The van der Waals surface area contributed by atoms with Crippen LogP contribution in [0.15, 0.2) is 44.6 Å². The first-order chi connectivity index (χ1) is 28.1. The van der Waals surface area contributed by atoms with Gasteiger partial charge in [-0.05, 0) is 66.2 Å². The van der Waals surface area contributed by atoms with Crippen LogP contribution >= 0.6 is 0 Å². The van der Waals surface area contributed by atoms with E-state index in [-0.39, 0.29) is 115 Å². The average molecular weight is 825 g/mol. The molecule has 0 radical (unpaired) electrons. The van der Waals surface area contributed by atoms with Gasteiger partial charge in [0.05, 0.1) is 39.9 Å². The molecular formula is C43H56N2O14. The molecule has 3 rings (SSSR count). The lowest BCUT2D eigenvalue weighted by molar-refractivity contribution is -0.146. The number of esters is 2. The second-order valence-corrected chi connectivity index (χ2v) is 14.3. The van der Waals surface area contributed by atoms with Crippen LogP contribution in [0.1, 0.15) is 90.7 Å². The van der Waals surface area contributed by atoms with E-state index in [9.17, 15) is 33.9 Å². The van der Waals surface area contributed by atoms with Crippen LogP contribution in [0.25, 0.3) is 21.9 Å². The highest BCUT2D eigenvalue weighted by atomic mass is 16.5. The number of ether oxygens (including phenoxy) is 5. The number of nitrogens with one attached hydrogen (secondary N) is 2. The van der Waals surface area contributed by atoms with Crippen LogP contribution in [-0.4, -0.2) is 86.6 Å². The lowest BCUT2D eigenvalue weighted by atomic mass is 9.98. The van der Waals surface area contributed by atoms with E-state index in [0.717, 1.165) is 18.3 Å². The van der Waals surface area contributed by atoms with E-state index in [1.54, 1.807) is 6.92 Å². The van der Waals surface area contributed by atoms with Gasteiger partial charge in [0.2, 0.25) is 17.2 Å². The summed E-state index contributed by atoms with van der Waals surface area (Å²) in [6.45, 7) is 9.45. The monoisotopic (exact) mass is 824 g/mol. The van der Waals surface area contributed by atoms with Crippen molar-refractivity contribution in [2.45, 2.75) is 104 Å². The third-order valence-electron chi connectivity index (χ3n) is 9.25. The maximum Gasteiger partial charge on any atom is 0.328 e. The number of phenolic OH excluding ortho intramolecular Hbond substituents is 1. The second kappa shape index (κ2) is 22.8. The Bertz CT molecular complexity index is 2130. The largest absolute Gasteiger partial charge is 0.507 e. The van der Waals surface area contributed by atoms with E-state index in [1.807, 2.05) is 39.8 Å². The standard InChI is InChI=1S/C43H56N2O14/c1-9-28(42(52)55-7)44-34(46)12-11-21-58-33-23-31-37(27(41(33)54-6)17-15-25(4)5)40(51)38-32(59-31)22-30(26(39(38)50)16-14-24(2)3)57-20-10-13-35(47)45-29(43(53)56-8)18-19-36(48)49/h14-15,22-23,28-29,50H,9-13,16-21H2,1-8H3,(H,44,46)(H,45,47)(H,48,49)/t28-,29-/m1/s1. The number of carboxylic acid groups (broad SMARTS) is 1. The fourth-order valence-electron chi connectivity index (χ4n) is 6.16. The maximum absolute atomic E-state index is 14.5. The van der Waals surface area contributed by atoms with Gasteiger partial charge in [-0.15, -0.1) is 0 Å². The number of phenols is 1.